The second-order valence-corrected chi connectivity index (χ2v) is 6.31. The highest BCUT2D eigenvalue weighted by Gasteiger charge is 2.28. The Bertz CT molecular complexity index is 553. The minimum atomic E-state index is -3.62. The minimum absolute atomic E-state index is 0.0664. The van der Waals surface area contributed by atoms with Gasteiger partial charge in [-0.05, 0) is 32.0 Å². The molecule has 0 saturated heterocycles. The third-order valence-electron chi connectivity index (χ3n) is 2.74. The van der Waals surface area contributed by atoms with Gasteiger partial charge in [-0.3, -0.25) is 4.57 Å². The molecule has 122 valence electrons. The van der Waals surface area contributed by atoms with Gasteiger partial charge in [0.2, 0.25) is 0 Å². The van der Waals surface area contributed by atoms with Gasteiger partial charge in [0.05, 0.1) is 29.6 Å². The number of rotatable bonds is 7. The SMILES string of the molecule is CCOC(=O)c1cc(C(=O)OCC)cc(P(=O)(OC)OC)c1. The molecule has 0 fully saturated rings. The maximum absolute atomic E-state index is 12.5. The Morgan fingerprint density at radius 3 is 1.64 bits per heavy atom. The molecular weight excluding hydrogens is 311 g/mol. The van der Waals surface area contributed by atoms with Crippen LogP contribution in [0.2, 0.25) is 0 Å². The van der Waals surface area contributed by atoms with E-state index in [2.05, 4.69) is 0 Å². The van der Waals surface area contributed by atoms with Gasteiger partial charge in [0.25, 0.3) is 0 Å². The number of hydrogen-bond donors (Lipinski definition) is 0. The van der Waals surface area contributed by atoms with Crippen LogP contribution in [0.5, 0.6) is 0 Å². The lowest BCUT2D eigenvalue weighted by atomic mass is 10.1. The number of carbonyl (C=O) groups excluding carboxylic acids is 2. The second-order valence-electron chi connectivity index (χ2n) is 4.07. The van der Waals surface area contributed by atoms with E-state index in [-0.39, 0.29) is 29.6 Å². The van der Waals surface area contributed by atoms with E-state index in [0.717, 1.165) is 0 Å². The van der Waals surface area contributed by atoms with Crippen molar-refractivity contribution in [1.82, 2.24) is 0 Å². The third kappa shape index (κ3) is 4.16. The predicted octanol–water partition coefficient (Wildman–Crippen LogP) is 2.15. The molecule has 0 aliphatic rings. The topological polar surface area (TPSA) is 88.1 Å². The lowest BCUT2D eigenvalue weighted by Gasteiger charge is -2.15. The minimum Gasteiger partial charge on any atom is -0.462 e. The fourth-order valence-corrected chi connectivity index (χ4v) is 2.88. The van der Waals surface area contributed by atoms with Gasteiger partial charge in [0.1, 0.15) is 0 Å². The molecule has 0 spiro atoms. The molecule has 22 heavy (non-hydrogen) atoms. The molecule has 0 bridgehead atoms. The number of benzene rings is 1. The van der Waals surface area contributed by atoms with Gasteiger partial charge in [0.15, 0.2) is 0 Å². The summed E-state index contributed by atoms with van der Waals surface area (Å²) in [6, 6.07) is 3.94. The second kappa shape index (κ2) is 8.08. The van der Waals surface area contributed by atoms with E-state index in [0.29, 0.717) is 0 Å². The lowest BCUT2D eigenvalue weighted by molar-refractivity contribution is 0.0525. The Balaban J connectivity index is 3.41. The summed E-state index contributed by atoms with van der Waals surface area (Å²) in [6.45, 7) is 3.65. The predicted molar refractivity (Wildman–Crippen MR) is 79.6 cm³/mol. The highest BCUT2D eigenvalue weighted by Crippen LogP contribution is 2.45. The van der Waals surface area contributed by atoms with Gasteiger partial charge in [-0.2, -0.15) is 0 Å². The first kappa shape index (κ1) is 18.4. The highest BCUT2D eigenvalue weighted by atomic mass is 31.2. The molecule has 0 aliphatic heterocycles. The van der Waals surface area contributed by atoms with Crippen molar-refractivity contribution in [2.75, 3.05) is 27.4 Å². The molecule has 0 amide bonds. The van der Waals surface area contributed by atoms with Crippen molar-refractivity contribution >= 4 is 24.8 Å². The fraction of sp³-hybridized carbons (Fsp3) is 0.429. The van der Waals surface area contributed by atoms with Crippen molar-refractivity contribution in [3.05, 3.63) is 29.3 Å². The van der Waals surface area contributed by atoms with Crippen molar-refractivity contribution in [2.45, 2.75) is 13.8 Å². The fourth-order valence-electron chi connectivity index (χ4n) is 1.72. The molecule has 0 unspecified atom stereocenters. The average molecular weight is 330 g/mol. The summed E-state index contributed by atoms with van der Waals surface area (Å²) >= 11 is 0. The van der Waals surface area contributed by atoms with Crippen LogP contribution >= 0.6 is 7.60 Å². The van der Waals surface area contributed by atoms with E-state index in [9.17, 15) is 14.2 Å². The Morgan fingerprint density at radius 2 is 1.32 bits per heavy atom. The number of ether oxygens (including phenoxy) is 2. The van der Waals surface area contributed by atoms with Crippen LogP contribution in [0.15, 0.2) is 18.2 Å². The summed E-state index contributed by atoms with van der Waals surface area (Å²) in [5, 5.41) is 0.0751. The van der Waals surface area contributed by atoms with Gasteiger partial charge < -0.3 is 18.5 Å². The molecule has 1 aromatic rings. The summed E-state index contributed by atoms with van der Waals surface area (Å²) in [5.41, 5.74) is 0.133. The van der Waals surface area contributed by atoms with Crippen LogP contribution in [0.1, 0.15) is 34.6 Å². The van der Waals surface area contributed by atoms with E-state index in [1.165, 1.54) is 32.4 Å². The molecule has 0 saturated carbocycles. The Kier molecular flexibility index (Phi) is 6.74. The van der Waals surface area contributed by atoms with Crippen LogP contribution in [0.4, 0.5) is 0 Å². The van der Waals surface area contributed by atoms with Gasteiger partial charge in [-0.25, -0.2) is 9.59 Å². The first-order valence-corrected chi connectivity index (χ1v) is 8.17. The molecule has 7 nitrogen and oxygen atoms in total. The molecule has 0 radical (unpaired) electrons. The Hall–Kier alpha value is -1.69. The maximum Gasteiger partial charge on any atom is 0.360 e. The van der Waals surface area contributed by atoms with Crippen LogP contribution < -0.4 is 5.30 Å². The first-order valence-electron chi connectivity index (χ1n) is 6.63. The standard InChI is InChI=1S/C14H19O7P/c1-5-20-13(15)10-7-11(14(16)21-6-2)9-12(8-10)22(17,18-3)19-4/h7-9H,5-6H2,1-4H3. The first-order chi connectivity index (χ1) is 10.4. The largest absolute Gasteiger partial charge is 0.462 e. The molecular formula is C14H19O7P. The van der Waals surface area contributed by atoms with Crippen molar-refractivity contribution < 1.29 is 32.7 Å². The molecule has 0 aliphatic carbocycles. The molecule has 1 rings (SSSR count). The molecule has 0 atom stereocenters. The van der Waals surface area contributed by atoms with Crippen LogP contribution in [0.3, 0.4) is 0 Å². The van der Waals surface area contributed by atoms with Gasteiger partial charge in [-0.1, -0.05) is 0 Å². The normalized spacial score (nSPS) is 11.1. The van der Waals surface area contributed by atoms with Gasteiger partial charge in [0, 0.05) is 14.2 Å². The zero-order valence-corrected chi connectivity index (χ0v) is 13.8. The molecule has 1 aromatic carbocycles. The number of carbonyl (C=O) groups is 2. The molecule has 8 heteroatoms. The number of hydrogen-bond acceptors (Lipinski definition) is 7. The van der Waals surface area contributed by atoms with Crippen molar-refractivity contribution in [1.29, 1.82) is 0 Å². The summed E-state index contributed by atoms with van der Waals surface area (Å²) in [6.07, 6.45) is 0. The summed E-state index contributed by atoms with van der Waals surface area (Å²) in [4.78, 5) is 23.8. The monoisotopic (exact) mass is 330 g/mol. The van der Waals surface area contributed by atoms with E-state index in [1.807, 2.05) is 0 Å². The Labute approximate surface area is 129 Å². The van der Waals surface area contributed by atoms with Crippen LogP contribution in [0.25, 0.3) is 0 Å². The van der Waals surface area contributed by atoms with Crippen molar-refractivity contribution in [3.8, 4) is 0 Å². The quantitative estimate of drug-likeness (QED) is 0.559. The molecule has 0 heterocycles. The Morgan fingerprint density at radius 1 is 0.909 bits per heavy atom. The highest BCUT2D eigenvalue weighted by molar-refractivity contribution is 7.62. The van der Waals surface area contributed by atoms with Crippen molar-refractivity contribution in [2.24, 2.45) is 0 Å². The summed E-state index contributed by atoms with van der Waals surface area (Å²) in [5.74, 6) is -1.29. The summed E-state index contributed by atoms with van der Waals surface area (Å²) in [7, 11) is -1.19. The third-order valence-corrected chi connectivity index (χ3v) is 4.59. The van der Waals surface area contributed by atoms with Crippen molar-refractivity contribution in [3.63, 3.8) is 0 Å². The van der Waals surface area contributed by atoms with E-state index >= 15 is 0 Å². The lowest BCUT2D eigenvalue weighted by Crippen LogP contribution is -2.17. The zero-order valence-electron chi connectivity index (χ0n) is 13.0. The maximum atomic E-state index is 12.5. The van der Waals surface area contributed by atoms with Crippen LogP contribution in [-0.2, 0) is 23.1 Å². The van der Waals surface area contributed by atoms with Gasteiger partial charge in [-0.15, -0.1) is 0 Å². The zero-order chi connectivity index (χ0) is 16.8. The van der Waals surface area contributed by atoms with E-state index < -0.39 is 19.5 Å². The van der Waals surface area contributed by atoms with E-state index in [4.69, 9.17) is 18.5 Å². The van der Waals surface area contributed by atoms with Crippen LogP contribution in [0, 0.1) is 0 Å². The van der Waals surface area contributed by atoms with Crippen LogP contribution in [-0.4, -0.2) is 39.4 Å². The molecule has 0 N–H and O–H groups in total. The van der Waals surface area contributed by atoms with Gasteiger partial charge >= 0.3 is 19.5 Å². The average Bonchev–Trinajstić information content (AvgIpc) is 2.54. The summed E-state index contributed by atoms with van der Waals surface area (Å²) < 4.78 is 32.0. The van der Waals surface area contributed by atoms with E-state index in [1.54, 1.807) is 13.8 Å². The number of esters is 2. The molecule has 0 aromatic heterocycles. The smallest absolute Gasteiger partial charge is 0.360 e.